The summed E-state index contributed by atoms with van der Waals surface area (Å²) in [5.41, 5.74) is 4.25. The van der Waals surface area contributed by atoms with Gasteiger partial charge in [0.1, 0.15) is 35.0 Å². The number of nitriles is 1. The number of thiophene rings is 1. The number of nitrogens with zero attached hydrogens (tertiary/aromatic N) is 7. The second-order valence-electron chi connectivity index (χ2n) is 13.3. The fourth-order valence-electron chi connectivity index (χ4n) is 7.68. The lowest BCUT2D eigenvalue weighted by molar-refractivity contribution is -0.126. The van der Waals surface area contributed by atoms with Crippen LogP contribution in [0.1, 0.15) is 34.5 Å². The number of fused-ring (bicyclic) bond motifs is 3. The van der Waals surface area contributed by atoms with Gasteiger partial charge in [-0.15, -0.1) is 15.6 Å². The molecule has 0 radical (unpaired) electrons. The minimum atomic E-state index is -4.25. The van der Waals surface area contributed by atoms with Gasteiger partial charge in [0.05, 0.1) is 11.8 Å². The summed E-state index contributed by atoms with van der Waals surface area (Å²) in [5, 5.41) is 15.3. The zero-order chi connectivity index (χ0) is 32.9. The van der Waals surface area contributed by atoms with Crippen molar-refractivity contribution in [1.29, 1.82) is 5.26 Å². The molecule has 9 nitrogen and oxygen atoms in total. The quantitative estimate of drug-likeness (QED) is 0.242. The molecule has 1 aromatic carbocycles. The van der Waals surface area contributed by atoms with Crippen LogP contribution in [0, 0.1) is 30.1 Å². The van der Waals surface area contributed by atoms with Gasteiger partial charge in [-0.3, -0.25) is 4.90 Å². The molecule has 3 atom stereocenters. The molecule has 3 fully saturated rings. The predicted octanol–water partition coefficient (Wildman–Crippen LogP) is 5.16. The Morgan fingerprint density at radius 2 is 1.79 bits per heavy atom. The summed E-state index contributed by atoms with van der Waals surface area (Å²) in [6.45, 7) is 10.3. The van der Waals surface area contributed by atoms with E-state index in [-0.39, 0.29) is 10.9 Å². The molecule has 4 aromatic rings. The van der Waals surface area contributed by atoms with Crippen LogP contribution in [-0.4, -0.2) is 97.5 Å². The van der Waals surface area contributed by atoms with E-state index in [0.717, 1.165) is 94.0 Å². The number of aryl methyl sites for hydroxylation is 1. The van der Waals surface area contributed by atoms with Crippen molar-refractivity contribution in [2.45, 2.75) is 51.5 Å². The van der Waals surface area contributed by atoms with E-state index >= 15 is 0 Å². The van der Waals surface area contributed by atoms with E-state index in [2.05, 4.69) is 59.1 Å². The first kappa shape index (κ1) is 32.6. The number of aromatic nitrogens is 3. The second kappa shape index (κ2) is 13.2. The van der Waals surface area contributed by atoms with Crippen molar-refractivity contribution in [1.82, 2.24) is 28.6 Å². The van der Waals surface area contributed by atoms with Crippen LogP contribution in [0.3, 0.4) is 0 Å². The van der Waals surface area contributed by atoms with Gasteiger partial charge >= 0.3 is 6.18 Å². The highest BCUT2D eigenvalue weighted by Gasteiger charge is 2.43. The van der Waals surface area contributed by atoms with Crippen molar-refractivity contribution in [3.63, 3.8) is 0 Å². The van der Waals surface area contributed by atoms with Crippen LogP contribution in [0.2, 0.25) is 0 Å². The van der Waals surface area contributed by atoms with Crippen molar-refractivity contribution in [3.05, 3.63) is 52.3 Å². The summed E-state index contributed by atoms with van der Waals surface area (Å²) < 4.78 is 55.0. The van der Waals surface area contributed by atoms with E-state index in [9.17, 15) is 23.0 Å². The first-order valence-corrected chi connectivity index (χ1v) is 18.5. The number of anilines is 1. The number of alkyl halides is 3. The van der Waals surface area contributed by atoms with Crippen LogP contribution in [-0.2, 0) is 30.9 Å². The normalized spacial score (nSPS) is 22.3. The Bertz CT molecular complexity index is 1780. The van der Waals surface area contributed by atoms with Gasteiger partial charge in [-0.05, 0) is 60.9 Å². The van der Waals surface area contributed by atoms with Gasteiger partial charge in [0.2, 0.25) is 0 Å². The molecule has 14 heteroatoms. The second-order valence-corrected chi connectivity index (χ2v) is 15.7. The van der Waals surface area contributed by atoms with Crippen LogP contribution in [0.4, 0.5) is 19.0 Å². The number of hydrogen-bond acceptors (Lipinski definition) is 9. The standard InChI is InChI=1S/C33H39F3N8OS2/c1-21-22(15-41-7-5-25(6-8-41)40-31-29-12-27(13-33(34,35)36)46-32(29)39-20-38-31)3-4-30-28(21)11-26(14-37)44(30)10-9-42-16-23-18-43(47(2)45)19-24(23)17-42/h3-4,11-12,20,23-25H,5-10,13,15-19H2,1-2H3,(H,38,39,40). The number of nitrogens with one attached hydrogen (secondary N) is 1. The lowest BCUT2D eigenvalue weighted by Crippen LogP contribution is -2.39. The molecule has 0 saturated carbocycles. The molecule has 3 aliphatic rings. The lowest BCUT2D eigenvalue weighted by Gasteiger charge is -2.33. The number of hydrogen-bond donors (Lipinski definition) is 1. The molecular formula is C33H39F3N8OS2. The third-order valence-corrected chi connectivity index (χ3v) is 12.3. The largest absolute Gasteiger partial charge is 0.598 e. The van der Waals surface area contributed by atoms with Crippen LogP contribution in [0.15, 0.2) is 30.6 Å². The molecule has 3 saturated heterocycles. The maximum absolute atomic E-state index is 12.9. The Morgan fingerprint density at radius 1 is 1.04 bits per heavy atom. The van der Waals surface area contributed by atoms with Crippen molar-refractivity contribution in [2.24, 2.45) is 11.8 Å². The molecule has 0 aliphatic carbocycles. The van der Waals surface area contributed by atoms with Crippen molar-refractivity contribution < 1.29 is 17.7 Å². The number of halogens is 3. The van der Waals surface area contributed by atoms with Gasteiger partial charge in [-0.1, -0.05) is 6.07 Å². The molecule has 0 spiro atoms. The molecule has 0 amide bonds. The molecule has 47 heavy (non-hydrogen) atoms. The fourth-order valence-corrected chi connectivity index (χ4v) is 9.51. The number of benzene rings is 1. The fraction of sp³-hybridized carbons (Fsp3) is 0.545. The van der Waals surface area contributed by atoms with Gasteiger partial charge in [0.15, 0.2) is 0 Å². The Labute approximate surface area is 279 Å². The highest BCUT2D eigenvalue weighted by atomic mass is 32.2. The van der Waals surface area contributed by atoms with E-state index in [0.29, 0.717) is 33.6 Å². The third kappa shape index (κ3) is 6.97. The number of piperidine rings is 1. The molecule has 0 bridgehead atoms. The van der Waals surface area contributed by atoms with E-state index in [1.165, 1.54) is 17.5 Å². The first-order chi connectivity index (χ1) is 22.5. The predicted molar refractivity (Wildman–Crippen MR) is 180 cm³/mol. The Balaban J connectivity index is 0.960. The van der Waals surface area contributed by atoms with Gasteiger partial charge in [-0.25, -0.2) is 9.97 Å². The summed E-state index contributed by atoms with van der Waals surface area (Å²) in [6, 6.07) is 10.6. The van der Waals surface area contributed by atoms with Crippen LogP contribution in [0.25, 0.3) is 21.1 Å². The Morgan fingerprint density at radius 3 is 2.47 bits per heavy atom. The topological polar surface area (TPSA) is 99.3 Å². The molecule has 3 aromatic heterocycles. The van der Waals surface area contributed by atoms with E-state index in [4.69, 9.17) is 0 Å². The number of likely N-dealkylation sites (tertiary alicyclic amines) is 2. The smallest absolute Gasteiger partial charge is 0.393 e. The average molecular weight is 685 g/mol. The van der Waals surface area contributed by atoms with Crippen molar-refractivity contribution in [2.75, 3.05) is 57.4 Å². The zero-order valence-corrected chi connectivity index (χ0v) is 28.2. The third-order valence-electron chi connectivity index (χ3n) is 10.2. The highest BCUT2D eigenvalue weighted by molar-refractivity contribution is 7.88. The molecular weight excluding hydrogens is 646 g/mol. The summed E-state index contributed by atoms with van der Waals surface area (Å²) in [4.78, 5) is 14.3. The van der Waals surface area contributed by atoms with Gasteiger partial charge < -0.3 is 19.3 Å². The molecule has 6 heterocycles. The average Bonchev–Trinajstić information content (AvgIpc) is 3.79. The van der Waals surface area contributed by atoms with Crippen LogP contribution in [0.5, 0.6) is 0 Å². The Kier molecular flexibility index (Phi) is 9.14. The van der Waals surface area contributed by atoms with Crippen LogP contribution < -0.4 is 5.32 Å². The van der Waals surface area contributed by atoms with Crippen LogP contribution >= 0.6 is 11.3 Å². The van der Waals surface area contributed by atoms with Gasteiger partial charge in [0, 0.05) is 92.1 Å². The minimum Gasteiger partial charge on any atom is -0.598 e. The summed E-state index contributed by atoms with van der Waals surface area (Å²) in [7, 11) is 0. The van der Waals surface area contributed by atoms with E-state index in [1.54, 1.807) is 12.3 Å². The first-order valence-electron chi connectivity index (χ1n) is 16.2. The van der Waals surface area contributed by atoms with E-state index in [1.807, 2.05) is 6.07 Å². The minimum absolute atomic E-state index is 0.177. The van der Waals surface area contributed by atoms with Gasteiger partial charge in [-0.2, -0.15) is 18.4 Å². The Hall–Kier alpha value is -2.93. The summed E-state index contributed by atoms with van der Waals surface area (Å²) in [6.07, 6.45) is -0.234. The SMILES string of the molecule is Cc1c(CN2CCC(Nc3ncnc4sc(CC(F)(F)F)cc34)CC2)ccc2c1cc(C#N)n2CCN1CC2CN([S+](C)[O-])CC2C1. The van der Waals surface area contributed by atoms with E-state index < -0.39 is 24.0 Å². The van der Waals surface area contributed by atoms with Gasteiger partial charge in [0.25, 0.3) is 0 Å². The molecule has 250 valence electrons. The highest BCUT2D eigenvalue weighted by Crippen LogP contribution is 2.35. The molecule has 3 unspecified atom stereocenters. The molecule has 1 N–H and O–H groups in total. The zero-order valence-electron chi connectivity index (χ0n) is 26.6. The molecule has 3 aliphatic heterocycles. The number of rotatable bonds is 9. The molecule has 7 rings (SSSR count). The monoisotopic (exact) mass is 684 g/mol. The lowest BCUT2D eigenvalue weighted by atomic mass is 10.0. The summed E-state index contributed by atoms with van der Waals surface area (Å²) in [5.74, 6) is 1.75. The van der Waals surface area contributed by atoms with Crippen molar-refractivity contribution >= 4 is 49.6 Å². The summed E-state index contributed by atoms with van der Waals surface area (Å²) >= 11 is 0.175. The maximum atomic E-state index is 12.9. The van der Waals surface area contributed by atoms with Crippen molar-refractivity contribution in [3.8, 4) is 6.07 Å². The maximum Gasteiger partial charge on any atom is 0.393 e.